The van der Waals surface area contributed by atoms with Crippen molar-refractivity contribution in [2.45, 2.75) is 25.7 Å². The summed E-state index contributed by atoms with van der Waals surface area (Å²) in [5.74, 6) is -2.60. The second kappa shape index (κ2) is 7.55. The molecule has 170 valence electrons. The van der Waals surface area contributed by atoms with Gasteiger partial charge < -0.3 is 30.4 Å². The van der Waals surface area contributed by atoms with Crippen LogP contribution in [0.5, 0.6) is 23.0 Å². The summed E-state index contributed by atoms with van der Waals surface area (Å²) in [4.78, 5) is 16.3. The Morgan fingerprint density at radius 1 is 0.588 bits per heavy atom. The maximum absolute atomic E-state index is 10.7. The molecule has 0 saturated carbocycles. The molecule has 8 nitrogen and oxygen atoms in total. The van der Waals surface area contributed by atoms with Crippen molar-refractivity contribution < 1.29 is 20.4 Å². The first-order valence-electron chi connectivity index (χ1n) is 11.1. The molecule has 0 saturated heterocycles. The highest BCUT2D eigenvalue weighted by molar-refractivity contribution is 5.89. The molecule has 0 radical (unpaired) electrons. The van der Waals surface area contributed by atoms with Crippen LogP contribution < -0.4 is 0 Å². The first-order chi connectivity index (χ1) is 16.4. The highest BCUT2D eigenvalue weighted by Gasteiger charge is 2.22. The number of nitrogens with one attached hydrogen (secondary N) is 2. The molecule has 34 heavy (non-hydrogen) atoms. The van der Waals surface area contributed by atoms with Gasteiger partial charge in [0.2, 0.25) is 11.5 Å². The van der Waals surface area contributed by atoms with E-state index in [0.29, 0.717) is 29.6 Å². The molecule has 3 aromatic heterocycles. The number of H-pyrrole nitrogens is 2. The summed E-state index contributed by atoms with van der Waals surface area (Å²) in [6, 6.07) is 15.1. The number of benzene rings is 1. The molecule has 0 aliphatic carbocycles. The van der Waals surface area contributed by atoms with E-state index in [-0.39, 0.29) is 5.56 Å². The van der Waals surface area contributed by atoms with Gasteiger partial charge in [0.25, 0.3) is 0 Å². The molecule has 0 spiro atoms. The zero-order chi connectivity index (χ0) is 23.4. The standard InChI is InChI=1S/C26H22N4O4/c31-22-12-19(24(32)26(34)25(22)33)23-20-7-5-17(29-20)10-15-3-1-13(27-15)9-14-2-4-16(28-14)11-18-6-8-21(23)30-18/h1,3,6,8-12,27,30-34H,2,4-5,7H2. The Hall–Kier alpha value is -4.46. The van der Waals surface area contributed by atoms with Crippen molar-refractivity contribution in [3.05, 3.63) is 71.3 Å². The predicted molar refractivity (Wildman–Crippen MR) is 128 cm³/mol. The van der Waals surface area contributed by atoms with Crippen molar-refractivity contribution in [3.63, 3.8) is 0 Å². The van der Waals surface area contributed by atoms with Crippen LogP contribution in [0.3, 0.4) is 0 Å². The zero-order valence-corrected chi connectivity index (χ0v) is 18.1. The Morgan fingerprint density at radius 3 is 1.88 bits per heavy atom. The average molecular weight is 454 g/mol. The van der Waals surface area contributed by atoms with Gasteiger partial charge in [-0.3, -0.25) is 9.97 Å². The molecule has 8 bridgehead atoms. The second-order valence-electron chi connectivity index (χ2n) is 8.64. The molecular formula is C26H22N4O4. The fourth-order valence-electron chi connectivity index (χ4n) is 4.64. The zero-order valence-electron chi connectivity index (χ0n) is 18.1. The summed E-state index contributed by atoms with van der Waals surface area (Å²) < 4.78 is 0. The average Bonchev–Trinajstić information content (AvgIpc) is 3.61. The monoisotopic (exact) mass is 454 g/mol. The van der Waals surface area contributed by atoms with Gasteiger partial charge in [-0.1, -0.05) is 0 Å². The first-order valence-corrected chi connectivity index (χ1v) is 11.1. The Labute approximate surface area is 193 Å². The van der Waals surface area contributed by atoms with Crippen molar-refractivity contribution in [2.75, 3.05) is 0 Å². The molecule has 8 heteroatoms. The van der Waals surface area contributed by atoms with E-state index in [1.54, 1.807) is 0 Å². The molecular weight excluding hydrogens is 432 g/mol. The number of phenols is 4. The molecule has 0 fully saturated rings. The minimum absolute atomic E-state index is 0.174. The van der Waals surface area contributed by atoms with E-state index in [1.165, 1.54) is 6.07 Å². The molecule has 5 heterocycles. The lowest BCUT2D eigenvalue weighted by Gasteiger charge is -2.11. The Bertz CT molecular complexity index is 1620. The van der Waals surface area contributed by atoms with Crippen molar-refractivity contribution in [1.82, 2.24) is 19.9 Å². The van der Waals surface area contributed by atoms with Gasteiger partial charge in [0, 0.05) is 50.3 Å². The third-order valence-corrected chi connectivity index (χ3v) is 6.28. The number of aryl methyl sites for hydroxylation is 4. The van der Waals surface area contributed by atoms with Crippen LogP contribution in [-0.2, 0) is 25.7 Å². The van der Waals surface area contributed by atoms with Gasteiger partial charge in [-0.2, -0.15) is 0 Å². The van der Waals surface area contributed by atoms with Gasteiger partial charge in [0.05, 0.1) is 5.69 Å². The molecule has 0 atom stereocenters. The number of nitrogens with zero attached hydrogens (tertiary/aromatic N) is 2. The Morgan fingerprint density at radius 2 is 1.18 bits per heavy atom. The number of hydrogen-bond acceptors (Lipinski definition) is 6. The summed E-state index contributed by atoms with van der Waals surface area (Å²) in [5, 5.41) is 40.9. The topological polar surface area (TPSA) is 138 Å². The van der Waals surface area contributed by atoms with E-state index in [1.807, 2.05) is 36.4 Å². The van der Waals surface area contributed by atoms with Gasteiger partial charge >= 0.3 is 0 Å². The normalized spacial score (nSPS) is 13.3. The van der Waals surface area contributed by atoms with Crippen LogP contribution in [-0.4, -0.2) is 40.4 Å². The summed E-state index contributed by atoms with van der Waals surface area (Å²) in [6.07, 6.45) is 2.99. The maximum Gasteiger partial charge on any atom is 0.204 e. The minimum Gasteiger partial charge on any atom is -0.504 e. The molecule has 0 unspecified atom stereocenters. The molecule has 6 rings (SSSR count). The number of aromatic amines is 2. The number of aromatic nitrogens is 4. The fourth-order valence-corrected chi connectivity index (χ4v) is 4.64. The van der Waals surface area contributed by atoms with Crippen LogP contribution in [0.1, 0.15) is 22.8 Å². The van der Waals surface area contributed by atoms with E-state index >= 15 is 0 Å². The van der Waals surface area contributed by atoms with Crippen LogP contribution >= 0.6 is 0 Å². The number of phenolic OH excluding ortho intramolecular Hbond substituents is 4. The van der Waals surface area contributed by atoms with E-state index in [9.17, 15) is 20.4 Å². The third-order valence-electron chi connectivity index (χ3n) is 6.28. The molecule has 2 aliphatic heterocycles. The van der Waals surface area contributed by atoms with Crippen molar-refractivity contribution >= 4 is 22.1 Å². The smallest absolute Gasteiger partial charge is 0.204 e. The van der Waals surface area contributed by atoms with Crippen molar-refractivity contribution in [3.8, 4) is 34.1 Å². The molecule has 0 amide bonds. The first kappa shape index (κ1) is 20.2. The van der Waals surface area contributed by atoms with E-state index < -0.39 is 23.0 Å². The lowest BCUT2D eigenvalue weighted by Crippen LogP contribution is -1.90. The van der Waals surface area contributed by atoms with E-state index in [2.05, 4.69) is 16.0 Å². The van der Waals surface area contributed by atoms with Gasteiger partial charge in [-0.25, -0.2) is 0 Å². The van der Waals surface area contributed by atoms with Crippen LogP contribution in [0.2, 0.25) is 0 Å². The van der Waals surface area contributed by atoms with Gasteiger partial charge in [-0.15, -0.1) is 0 Å². The minimum atomic E-state index is -0.777. The highest BCUT2D eigenvalue weighted by Crippen LogP contribution is 2.49. The molecule has 1 aromatic carbocycles. The lowest BCUT2D eigenvalue weighted by molar-refractivity contribution is 0.347. The maximum atomic E-state index is 10.7. The molecule has 6 N–H and O–H groups in total. The van der Waals surface area contributed by atoms with E-state index in [4.69, 9.17) is 9.97 Å². The summed E-state index contributed by atoms with van der Waals surface area (Å²) >= 11 is 0. The fraction of sp³-hybridized carbons (Fsp3) is 0.154. The van der Waals surface area contributed by atoms with Gasteiger partial charge in [0.1, 0.15) is 0 Å². The highest BCUT2D eigenvalue weighted by atomic mass is 16.3. The molecule has 2 aliphatic rings. The summed E-state index contributed by atoms with van der Waals surface area (Å²) in [7, 11) is 0. The van der Waals surface area contributed by atoms with Gasteiger partial charge in [0.15, 0.2) is 11.5 Å². The van der Waals surface area contributed by atoms with Crippen LogP contribution in [0.15, 0.2) is 48.5 Å². The van der Waals surface area contributed by atoms with Gasteiger partial charge in [-0.05, 0) is 74.2 Å². The van der Waals surface area contributed by atoms with E-state index in [0.717, 1.165) is 46.5 Å². The van der Waals surface area contributed by atoms with Crippen LogP contribution in [0.4, 0.5) is 0 Å². The van der Waals surface area contributed by atoms with Crippen LogP contribution in [0.25, 0.3) is 33.2 Å². The number of rotatable bonds is 1. The second-order valence-corrected chi connectivity index (χ2v) is 8.64. The predicted octanol–water partition coefficient (Wildman–Crippen LogP) is 4.37. The summed E-state index contributed by atoms with van der Waals surface area (Å²) in [6.45, 7) is 0. The Balaban J connectivity index is 1.72. The number of hydrogen-bond donors (Lipinski definition) is 6. The number of aromatic hydroxyl groups is 4. The largest absolute Gasteiger partial charge is 0.504 e. The van der Waals surface area contributed by atoms with Crippen LogP contribution in [0, 0.1) is 0 Å². The van der Waals surface area contributed by atoms with Crippen molar-refractivity contribution in [1.29, 1.82) is 0 Å². The third kappa shape index (κ3) is 3.40. The lowest BCUT2D eigenvalue weighted by atomic mass is 10.00. The summed E-state index contributed by atoms with van der Waals surface area (Å²) in [5.41, 5.74) is 7.66. The Kier molecular flexibility index (Phi) is 4.48. The molecule has 4 aromatic rings. The quantitative estimate of drug-likeness (QED) is 0.186. The SMILES string of the molecule is Oc1cc(-c2c3nc(cc4ccc(cc5nc(cc6ccc2[nH]6)CC5)[nH]4)CC3)c(O)c(O)c1O. The van der Waals surface area contributed by atoms with Crippen molar-refractivity contribution in [2.24, 2.45) is 0 Å². The number of fused-ring (bicyclic) bond motifs is 8.